The van der Waals surface area contributed by atoms with Crippen LogP contribution in [0.15, 0.2) is 18.2 Å². The normalized spacial score (nSPS) is 28.1. The number of halogens is 3. The largest absolute Gasteiger partial charge is 0.416 e. The zero-order chi connectivity index (χ0) is 21.1. The van der Waals surface area contributed by atoms with Crippen molar-refractivity contribution in [3.8, 4) is 0 Å². The highest BCUT2D eigenvalue weighted by atomic mass is 19.4. The summed E-state index contributed by atoms with van der Waals surface area (Å²) in [7, 11) is 0. The van der Waals surface area contributed by atoms with Crippen molar-refractivity contribution >= 4 is 17.6 Å². The van der Waals surface area contributed by atoms with E-state index in [1.165, 1.54) is 6.07 Å². The molecule has 2 saturated heterocycles. The summed E-state index contributed by atoms with van der Waals surface area (Å²) in [5, 5.41) is 5.86. The number of hydrogen-bond donors (Lipinski definition) is 2. The zero-order valence-electron chi connectivity index (χ0n) is 16.6. The minimum absolute atomic E-state index is 0.0198. The summed E-state index contributed by atoms with van der Waals surface area (Å²) in [6.07, 6.45) is -0.674. The van der Waals surface area contributed by atoms with Crippen LogP contribution in [0.4, 0.5) is 23.7 Å². The number of hydrogen-bond acceptors (Lipinski definition) is 3. The van der Waals surface area contributed by atoms with Crippen molar-refractivity contribution in [3.05, 3.63) is 29.3 Å². The van der Waals surface area contributed by atoms with Crippen LogP contribution in [0.3, 0.4) is 0 Å². The number of nitrogens with zero attached hydrogens (tertiary/aromatic N) is 2. The number of fused-ring (bicyclic) bond motifs is 3. The van der Waals surface area contributed by atoms with Crippen LogP contribution >= 0.6 is 0 Å². The first-order valence-electron chi connectivity index (χ1n) is 10.6. The molecule has 3 aliphatic heterocycles. The van der Waals surface area contributed by atoms with Gasteiger partial charge in [0.15, 0.2) is 0 Å². The SMILES string of the molecule is O=C1NC[C@](CCC(=O)N2CCN3c4ccc(C(F)(F)F)cc4CC3C2)(C2CC2)N1. The minimum atomic E-state index is -4.35. The predicted molar refractivity (Wildman–Crippen MR) is 104 cm³/mol. The molecule has 1 saturated carbocycles. The van der Waals surface area contributed by atoms with E-state index in [4.69, 9.17) is 0 Å². The highest BCUT2D eigenvalue weighted by Crippen LogP contribution is 2.43. The number of anilines is 1. The van der Waals surface area contributed by atoms with Crippen molar-refractivity contribution < 1.29 is 22.8 Å². The molecule has 3 heterocycles. The molecule has 3 fully saturated rings. The average molecular weight is 422 g/mol. The van der Waals surface area contributed by atoms with Crippen molar-refractivity contribution in [1.29, 1.82) is 0 Å². The van der Waals surface area contributed by atoms with Crippen molar-refractivity contribution in [2.45, 2.75) is 49.9 Å². The lowest BCUT2D eigenvalue weighted by molar-refractivity contribution is -0.137. The van der Waals surface area contributed by atoms with Gasteiger partial charge in [0, 0.05) is 38.3 Å². The van der Waals surface area contributed by atoms with Gasteiger partial charge in [-0.15, -0.1) is 0 Å². The van der Waals surface area contributed by atoms with E-state index in [0.29, 0.717) is 56.9 Å². The molecule has 0 radical (unpaired) electrons. The minimum Gasteiger partial charge on any atom is -0.364 e. The van der Waals surface area contributed by atoms with Crippen LogP contribution in [-0.2, 0) is 17.4 Å². The van der Waals surface area contributed by atoms with Gasteiger partial charge in [-0.3, -0.25) is 4.79 Å². The van der Waals surface area contributed by atoms with Gasteiger partial charge >= 0.3 is 12.2 Å². The van der Waals surface area contributed by atoms with Crippen LogP contribution in [0, 0.1) is 5.92 Å². The Hall–Kier alpha value is -2.45. The highest BCUT2D eigenvalue weighted by molar-refractivity contribution is 5.79. The molecule has 9 heteroatoms. The predicted octanol–water partition coefficient (Wildman–Crippen LogP) is 2.52. The topological polar surface area (TPSA) is 64.7 Å². The summed E-state index contributed by atoms with van der Waals surface area (Å²) >= 11 is 0. The Morgan fingerprint density at radius 2 is 2.03 bits per heavy atom. The Balaban J connectivity index is 1.22. The van der Waals surface area contributed by atoms with E-state index < -0.39 is 11.7 Å². The van der Waals surface area contributed by atoms with Gasteiger partial charge in [0.2, 0.25) is 5.91 Å². The quantitative estimate of drug-likeness (QED) is 0.784. The first-order chi connectivity index (χ1) is 14.2. The Labute approximate surface area is 172 Å². The summed E-state index contributed by atoms with van der Waals surface area (Å²) in [6, 6.07) is 3.80. The van der Waals surface area contributed by atoms with E-state index in [1.54, 1.807) is 6.07 Å². The van der Waals surface area contributed by atoms with Crippen LogP contribution in [0.2, 0.25) is 0 Å². The van der Waals surface area contributed by atoms with E-state index in [2.05, 4.69) is 15.5 Å². The van der Waals surface area contributed by atoms with E-state index in [-0.39, 0.29) is 23.5 Å². The van der Waals surface area contributed by atoms with Gasteiger partial charge in [0.1, 0.15) is 0 Å². The lowest BCUT2D eigenvalue weighted by Gasteiger charge is -2.39. The number of carbonyl (C=O) groups is 2. The van der Waals surface area contributed by atoms with Crippen molar-refractivity contribution in [2.75, 3.05) is 31.1 Å². The third-order valence-corrected chi connectivity index (χ3v) is 7.08. The highest BCUT2D eigenvalue weighted by Gasteiger charge is 2.49. The lowest BCUT2D eigenvalue weighted by Crippen LogP contribution is -2.54. The first kappa shape index (κ1) is 19.5. The van der Waals surface area contributed by atoms with Gasteiger partial charge in [0.25, 0.3) is 0 Å². The molecule has 1 aliphatic carbocycles. The summed E-state index contributed by atoms with van der Waals surface area (Å²) in [6.45, 7) is 2.28. The molecule has 5 rings (SSSR count). The maximum absolute atomic E-state index is 13.0. The molecule has 2 atom stereocenters. The number of rotatable bonds is 4. The number of nitrogens with one attached hydrogen (secondary N) is 2. The van der Waals surface area contributed by atoms with Gasteiger partial charge in [-0.25, -0.2) is 4.79 Å². The molecule has 0 spiro atoms. The molecule has 6 nitrogen and oxygen atoms in total. The summed E-state index contributed by atoms with van der Waals surface area (Å²) < 4.78 is 39.1. The Morgan fingerprint density at radius 3 is 2.70 bits per heavy atom. The molecule has 1 unspecified atom stereocenters. The molecule has 162 valence electrons. The van der Waals surface area contributed by atoms with E-state index in [0.717, 1.165) is 24.6 Å². The van der Waals surface area contributed by atoms with Crippen LogP contribution in [0.1, 0.15) is 36.8 Å². The van der Waals surface area contributed by atoms with Crippen molar-refractivity contribution in [2.24, 2.45) is 5.92 Å². The fourth-order valence-corrected chi connectivity index (χ4v) is 5.31. The molecular formula is C21H25F3N4O2. The zero-order valence-corrected chi connectivity index (χ0v) is 16.6. The van der Waals surface area contributed by atoms with E-state index in [9.17, 15) is 22.8 Å². The Morgan fingerprint density at radius 1 is 1.23 bits per heavy atom. The molecule has 30 heavy (non-hydrogen) atoms. The summed E-state index contributed by atoms with van der Waals surface area (Å²) in [5.41, 5.74) is 0.627. The lowest BCUT2D eigenvalue weighted by atomic mass is 9.88. The van der Waals surface area contributed by atoms with Gasteiger partial charge in [-0.1, -0.05) is 0 Å². The smallest absolute Gasteiger partial charge is 0.364 e. The monoisotopic (exact) mass is 422 g/mol. The second-order valence-electron chi connectivity index (χ2n) is 8.97. The van der Waals surface area contributed by atoms with Crippen LogP contribution < -0.4 is 15.5 Å². The summed E-state index contributed by atoms with van der Waals surface area (Å²) in [5.74, 6) is 0.496. The Bertz CT molecular complexity index is 885. The Kier molecular flexibility index (Phi) is 4.41. The fraction of sp³-hybridized carbons (Fsp3) is 0.619. The maximum Gasteiger partial charge on any atom is 0.416 e. The van der Waals surface area contributed by atoms with Crippen LogP contribution in [0.25, 0.3) is 0 Å². The number of urea groups is 1. The molecule has 1 aromatic rings. The molecular weight excluding hydrogens is 397 g/mol. The number of alkyl halides is 3. The number of carbonyl (C=O) groups excluding carboxylic acids is 2. The van der Waals surface area contributed by atoms with Gasteiger partial charge < -0.3 is 20.4 Å². The number of amides is 3. The van der Waals surface area contributed by atoms with Crippen LogP contribution in [-0.4, -0.2) is 54.6 Å². The second kappa shape index (κ2) is 6.78. The molecule has 3 amide bonds. The first-order valence-corrected chi connectivity index (χ1v) is 10.6. The van der Waals surface area contributed by atoms with Crippen LogP contribution in [0.5, 0.6) is 0 Å². The van der Waals surface area contributed by atoms with E-state index >= 15 is 0 Å². The molecule has 0 aromatic heterocycles. The molecule has 0 bridgehead atoms. The van der Waals surface area contributed by atoms with E-state index in [1.807, 2.05) is 4.90 Å². The second-order valence-corrected chi connectivity index (χ2v) is 8.97. The van der Waals surface area contributed by atoms with Crippen molar-refractivity contribution in [1.82, 2.24) is 15.5 Å². The molecule has 4 aliphatic rings. The number of benzene rings is 1. The standard InChI is InChI=1S/C21H25F3N4O2/c22-21(23,24)15-3-4-17-13(9-15)10-16-11-27(7-8-28(16)17)18(29)5-6-20(14-1-2-14)12-25-19(30)26-20/h3-4,9,14,16H,1-2,5-8,10-12H2,(H2,25,26,30)/t16?,20-/m1/s1. The fourth-order valence-electron chi connectivity index (χ4n) is 5.31. The summed E-state index contributed by atoms with van der Waals surface area (Å²) in [4.78, 5) is 28.5. The molecule has 2 N–H and O–H groups in total. The van der Waals surface area contributed by atoms with Gasteiger partial charge in [-0.05, 0) is 55.4 Å². The third kappa shape index (κ3) is 3.37. The number of piperazine rings is 1. The van der Waals surface area contributed by atoms with Crippen molar-refractivity contribution in [3.63, 3.8) is 0 Å². The average Bonchev–Trinajstić information content (AvgIpc) is 3.40. The third-order valence-electron chi connectivity index (χ3n) is 7.08. The van der Waals surface area contributed by atoms with Gasteiger partial charge in [-0.2, -0.15) is 13.2 Å². The maximum atomic E-state index is 13.0. The van der Waals surface area contributed by atoms with Gasteiger partial charge in [0.05, 0.1) is 17.1 Å². The molecule has 1 aromatic carbocycles.